The molecule has 2 rings (SSSR count). The third kappa shape index (κ3) is 4.42. The van der Waals surface area contributed by atoms with E-state index >= 15 is 0 Å². The molecule has 0 saturated carbocycles. The standard InChI is InChI=1S/C15H26ClN3O2/c1-3-4-7-19-14(16)13(12(2)18-19)10-17-11-15(20)5-8-21-9-6-15/h17,20H,3-11H2,1-2H3. The van der Waals surface area contributed by atoms with Crippen LogP contribution in [0.2, 0.25) is 5.15 Å². The second kappa shape index (κ2) is 7.58. The maximum Gasteiger partial charge on any atom is 0.131 e. The van der Waals surface area contributed by atoms with Crippen molar-refractivity contribution >= 4 is 11.6 Å². The zero-order valence-electron chi connectivity index (χ0n) is 13.0. The van der Waals surface area contributed by atoms with Gasteiger partial charge in [0.25, 0.3) is 0 Å². The van der Waals surface area contributed by atoms with E-state index in [1.165, 1.54) is 0 Å². The first-order valence-corrected chi connectivity index (χ1v) is 8.16. The predicted octanol–water partition coefficient (Wildman–Crippen LogP) is 2.28. The van der Waals surface area contributed by atoms with Gasteiger partial charge in [-0.05, 0) is 13.3 Å². The predicted molar refractivity (Wildman–Crippen MR) is 83.6 cm³/mol. The fraction of sp³-hybridized carbons (Fsp3) is 0.800. The number of aryl methyl sites for hydroxylation is 2. The molecule has 0 aliphatic carbocycles. The Bertz CT molecular complexity index is 456. The van der Waals surface area contributed by atoms with E-state index in [2.05, 4.69) is 17.3 Å². The minimum atomic E-state index is -0.656. The van der Waals surface area contributed by atoms with Crippen LogP contribution in [0.4, 0.5) is 0 Å². The van der Waals surface area contributed by atoms with Crippen molar-refractivity contribution in [3.63, 3.8) is 0 Å². The van der Waals surface area contributed by atoms with E-state index < -0.39 is 5.60 Å². The summed E-state index contributed by atoms with van der Waals surface area (Å²) in [6, 6.07) is 0. The van der Waals surface area contributed by atoms with Crippen molar-refractivity contribution in [3.8, 4) is 0 Å². The molecule has 1 aromatic rings. The van der Waals surface area contributed by atoms with Crippen LogP contribution in [0.5, 0.6) is 0 Å². The molecule has 6 heteroatoms. The lowest BCUT2D eigenvalue weighted by atomic mass is 9.94. The summed E-state index contributed by atoms with van der Waals surface area (Å²) in [4.78, 5) is 0. The molecule has 120 valence electrons. The Hall–Kier alpha value is -0.620. The summed E-state index contributed by atoms with van der Waals surface area (Å²) < 4.78 is 7.16. The van der Waals surface area contributed by atoms with Crippen LogP contribution in [0.15, 0.2) is 0 Å². The smallest absolute Gasteiger partial charge is 0.131 e. The number of nitrogens with zero attached hydrogens (tertiary/aromatic N) is 2. The summed E-state index contributed by atoms with van der Waals surface area (Å²) in [7, 11) is 0. The number of nitrogens with one attached hydrogen (secondary N) is 1. The highest BCUT2D eigenvalue weighted by Gasteiger charge is 2.29. The summed E-state index contributed by atoms with van der Waals surface area (Å²) >= 11 is 6.40. The monoisotopic (exact) mass is 315 g/mol. The Morgan fingerprint density at radius 1 is 1.43 bits per heavy atom. The zero-order chi connectivity index (χ0) is 15.3. The van der Waals surface area contributed by atoms with Crippen molar-refractivity contribution < 1.29 is 9.84 Å². The molecular weight excluding hydrogens is 290 g/mol. The highest BCUT2D eigenvalue weighted by atomic mass is 35.5. The molecule has 0 unspecified atom stereocenters. The number of ether oxygens (including phenoxy) is 1. The van der Waals surface area contributed by atoms with Crippen LogP contribution < -0.4 is 5.32 Å². The van der Waals surface area contributed by atoms with Gasteiger partial charge in [0.2, 0.25) is 0 Å². The molecule has 1 fully saturated rings. The van der Waals surface area contributed by atoms with E-state index in [1.54, 1.807) is 0 Å². The largest absolute Gasteiger partial charge is 0.388 e. The average Bonchev–Trinajstić information content (AvgIpc) is 2.73. The molecule has 1 aromatic heterocycles. The van der Waals surface area contributed by atoms with Crippen LogP contribution in [-0.2, 0) is 17.8 Å². The van der Waals surface area contributed by atoms with Gasteiger partial charge in [-0.3, -0.25) is 4.68 Å². The number of hydrogen-bond acceptors (Lipinski definition) is 4. The number of unbranched alkanes of at least 4 members (excludes halogenated alkanes) is 1. The molecule has 1 aliphatic rings. The summed E-state index contributed by atoms with van der Waals surface area (Å²) in [6.45, 7) is 7.46. The van der Waals surface area contributed by atoms with Crippen molar-refractivity contribution in [2.45, 2.75) is 58.2 Å². The fourth-order valence-corrected chi connectivity index (χ4v) is 2.92. The molecule has 2 heterocycles. The van der Waals surface area contributed by atoms with Gasteiger partial charge in [-0.25, -0.2) is 0 Å². The molecule has 1 aliphatic heterocycles. The van der Waals surface area contributed by atoms with E-state index in [0.717, 1.165) is 30.6 Å². The second-order valence-electron chi connectivity index (χ2n) is 5.87. The molecule has 1 saturated heterocycles. The summed E-state index contributed by atoms with van der Waals surface area (Å²) in [5.41, 5.74) is 1.34. The molecule has 0 bridgehead atoms. The lowest BCUT2D eigenvalue weighted by molar-refractivity contribution is -0.0617. The van der Waals surface area contributed by atoms with Crippen molar-refractivity contribution in [2.75, 3.05) is 19.8 Å². The highest BCUT2D eigenvalue weighted by molar-refractivity contribution is 6.30. The molecule has 5 nitrogen and oxygen atoms in total. The highest BCUT2D eigenvalue weighted by Crippen LogP contribution is 2.22. The van der Waals surface area contributed by atoms with Crippen LogP contribution in [-0.4, -0.2) is 40.2 Å². The SMILES string of the molecule is CCCCn1nc(C)c(CNCC2(O)CCOCC2)c1Cl. The van der Waals surface area contributed by atoms with Crippen molar-refractivity contribution in [1.29, 1.82) is 0 Å². The molecule has 2 N–H and O–H groups in total. The second-order valence-corrected chi connectivity index (χ2v) is 6.23. The van der Waals surface area contributed by atoms with Crippen molar-refractivity contribution in [2.24, 2.45) is 0 Å². The maximum atomic E-state index is 10.4. The Balaban J connectivity index is 1.89. The number of hydrogen-bond donors (Lipinski definition) is 2. The molecular formula is C15H26ClN3O2. The lowest BCUT2D eigenvalue weighted by Gasteiger charge is -2.32. The van der Waals surface area contributed by atoms with Crippen LogP contribution in [0, 0.1) is 6.92 Å². The molecule has 0 radical (unpaired) electrons. The Morgan fingerprint density at radius 2 is 2.14 bits per heavy atom. The van der Waals surface area contributed by atoms with Gasteiger partial charge in [-0.2, -0.15) is 5.10 Å². The molecule has 0 amide bonds. The normalized spacial score (nSPS) is 18.1. The van der Waals surface area contributed by atoms with Gasteiger partial charge in [0.05, 0.1) is 11.3 Å². The molecule has 0 atom stereocenters. The Kier molecular flexibility index (Phi) is 6.05. The van der Waals surface area contributed by atoms with Crippen LogP contribution in [0.1, 0.15) is 43.9 Å². The van der Waals surface area contributed by atoms with Gasteiger partial charge in [0.15, 0.2) is 0 Å². The van der Waals surface area contributed by atoms with Crippen molar-refractivity contribution in [3.05, 3.63) is 16.4 Å². The minimum Gasteiger partial charge on any atom is -0.388 e. The molecule has 0 spiro atoms. The zero-order valence-corrected chi connectivity index (χ0v) is 13.7. The number of aliphatic hydroxyl groups is 1. The summed E-state index contributed by atoms with van der Waals surface area (Å²) in [5, 5.41) is 18.9. The van der Waals surface area contributed by atoms with Gasteiger partial charge < -0.3 is 15.2 Å². The summed E-state index contributed by atoms with van der Waals surface area (Å²) in [6.07, 6.45) is 3.57. The van der Waals surface area contributed by atoms with Crippen molar-refractivity contribution in [1.82, 2.24) is 15.1 Å². The van der Waals surface area contributed by atoms with E-state index in [4.69, 9.17) is 16.3 Å². The number of rotatable bonds is 7. The van der Waals surface area contributed by atoms with Gasteiger partial charge in [-0.15, -0.1) is 0 Å². The maximum absolute atomic E-state index is 10.4. The third-order valence-corrected chi connectivity index (χ3v) is 4.51. The quantitative estimate of drug-likeness (QED) is 0.810. The Labute approximate surface area is 131 Å². The third-order valence-electron chi connectivity index (χ3n) is 4.09. The average molecular weight is 316 g/mol. The fourth-order valence-electron chi connectivity index (χ4n) is 2.60. The van der Waals surface area contributed by atoms with Gasteiger partial charge >= 0.3 is 0 Å². The van der Waals surface area contributed by atoms with Crippen LogP contribution in [0.25, 0.3) is 0 Å². The van der Waals surface area contributed by atoms with Gasteiger partial charge in [0, 0.05) is 51.3 Å². The number of aromatic nitrogens is 2. The topological polar surface area (TPSA) is 59.3 Å². The van der Waals surface area contributed by atoms with E-state index in [9.17, 15) is 5.11 Å². The minimum absolute atomic E-state index is 0.562. The van der Waals surface area contributed by atoms with Gasteiger partial charge in [0.1, 0.15) is 5.15 Å². The van der Waals surface area contributed by atoms with E-state index in [0.29, 0.717) is 44.3 Å². The van der Waals surface area contributed by atoms with Crippen LogP contribution >= 0.6 is 11.6 Å². The first-order chi connectivity index (χ1) is 10.1. The number of halogens is 1. The van der Waals surface area contributed by atoms with E-state index in [1.807, 2.05) is 11.6 Å². The first-order valence-electron chi connectivity index (χ1n) is 7.78. The Morgan fingerprint density at radius 3 is 2.81 bits per heavy atom. The van der Waals surface area contributed by atoms with E-state index in [-0.39, 0.29) is 0 Å². The molecule has 0 aromatic carbocycles. The lowest BCUT2D eigenvalue weighted by Crippen LogP contribution is -2.44. The molecule has 21 heavy (non-hydrogen) atoms. The van der Waals surface area contributed by atoms with Crippen LogP contribution in [0.3, 0.4) is 0 Å². The van der Waals surface area contributed by atoms with Gasteiger partial charge in [-0.1, -0.05) is 24.9 Å². The summed E-state index contributed by atoms with van der Waals surface area (Å²) in [5.74, 6) is 0. The first kappa shape index (κ1) is 16.7.